The van der Waals surface area contributed by atoms with Crippen LogP contribution in [0.5, 0.6) is 5.75 Å². The number of amides is 1. The fourth-order valence-corrected chi connectivity index (χ4v) is 10.8. The molecule has 0 aromatic heterocycles. The van der Waals surface area contributed by atoms with Gasteiger partial charge in [0.05, 0.1) is 58.8 Å². The van der Waals surface area contributed by atoms with Crippen molar-refractivity contribution in [1.29, 1.82) is 0 Å². The number of halogens is 1. The number of ether oxygens (including phenoxy) is 5. The third kappa shape index (κ3) is 5.66. The van der Waals surface area contributed by atoms with Gasteiger partial charge < -0.3 is 28.6 Å². The van der Waals surface area contributed by atoms with Crippen molar-refractivity contribution in [2.75, 3.05) is 40.4 Å². The minimum atomic E-state index is -1.71. The zero-order chi connectivity index (χ0) is 35.1. The van der Waals surface area contributed by atoms with E-state index in [1.807, 2.05) is 0 Å². The number of anilines is 1. The van der Waals surface area contributed by atoms with Gasteiger partial charge in [-0.25, -0.2) is 23.6 Å². The Morgan fingerprint density at radius 1 is 0.750 bits per heavy atom. The van der Waals surface area contributed by atoms with E-state index < -0.39 is 39.3 Å². The first-order valence-corrected chi connectivity index (χ1v) is 16.6. The summed E-state index contributed by atoms with van der Waals surface area (Å²) in [5.41, 5.74) is 0.428. The molecule has 0 atom stereocenters. The molecule has 48 heavy (non-hydrogen) atoms. The summed E-state index contributed by atoms with van der Waals surface area (Å²) >= 11 is 2.60. The highest BCUT2D eigenvalue weighted by molar-refractivity contribution is 8.26. The van der Waals surface area contributed by atoms with Gasteiger partial charge in [-0.05, 0) is 43.7 Å². The van der Waals surface area contributed by atoms with E-state index in [2.05, 4.69) is 0 Å². The van der Waals surface area contributed by atoms with Crippen LogP contribution in [-0.2, 0) is 49.3 Å². The van der Waals surface area contributed by atoms with Gasteiger partial charge >= 0.3 is 23.9 Å². The van der Waals surface area contributed by atoms with E-state index in [0.29, 0.717) is 33.0 Å². The molecule has 0 radical (unpaired) electrons. The molecule has 0 fully saturated rings. The topological polar surface area (TPSA) is 135 Å². The van der Waals surface area contributed by atoms with E-state index in [9.17, 15) is 28.4 Å². The molecule has 0 saturated carbocycles. The van der Waals surface area contributed by atoms with Crippen LogP contribution < -0.4 is 9.64 Å². The van der Waals surface area contributed by atoms with Crippen molar-refractivity contribution in [2.24, 2.45) is 0 Å². The van der Waals surface area contributed by atoms with Gasteiger partial charge in [-0.1, -0.05) is 47.4 Å². The van der Waals surface area contributed by atoms with E-state index in [0.717, 1.165) is 63.7 Å². The first-order chi connectivity index (χ1) is 22.8. The Morgan fingerprint density at radius 2 is 1.29 bits per heavy atom. The van der Waals surface area contributed by atoms with E-state index in [4.69, 9.17) is 23.7 Å². The van der Waals surface area contributed by atoms with Crippen molar-refractivity contribution in [3.63, 3.8) is 0 Å². The number of esters is 4. The fourth-order valence-electron chi connectivity index (χ4n) is 5.72. The smallest absolute Gasteiger partial charge is 0.345 e. The number of fused-ring (bicyclic) bond motifs is 3. The Kier molecular flexibility index (Phi) is 9.77. The molecule has 0 N–H and O–H groups in total. The number of hydrogen-bond acceptors (Lipinski definition) is 13. The Hall–Kier alpha value is -4.21. The summed E-state index contributed by atoms with van der Waals surface area (Å²) in [5, 5.41) is 0. The summed E-state index contributed by atoms with van der Waals surface area (Å²) in [6.07, 6.45) is -0.101. The summed E-state index contributed by atoms with van der Waals surface area (Å²) in [5.74, 6) is -3.91. The monoisotopic (exact) mass is 715 g/mol. The molecule has 3 aliphatic heterocycles. The van der Waals surface area contributed by atoms with Crippen molar-refractivity contribution in [3.8, 4) is 5.75 Å². The summed E-state index contributed by atoms with van der Waals surface area (Å²) in [7, 11) is 6.07. The third-order valence-corrected chi connectivity index (χ3v) is 12.5. The average molecular weight is 716 g/mol. The normalized spacial score (nSPS) is 17.5. The number of nitrogens with zero attached hydrogens (tertiary/aromatic N) is 1. The van der Waals surface area contributed by atoms with Gasteiger partial charge in [0.2, 0.25) is 5.91 Å². The van der Waals surface area contributed by atoms with Crippen LogP contribution in [0.2, 0.25) is 0 Å². The largest absolute Gasteiger partial charge is 0.497 e. The van der Waals surface area contributed by atoms with Gasteiger partial charge in [0, 0.05) is 22.1 Å². The van der Waals surface area contributed by atoms with Crippen LogP contribution in [0.15, 0.2) is 67.7 Å². The number of benzene rings is 2. The molecule has 5 rings (SSSR count). The van der Waals surface area contributed by atoms with Crippen LogP contribution in [0.3, 0.4) is 0 Å². The number of methoxy groups -OCH3 is 5. The second kappa shape index (κ2) is 13.4. The van der Waals surface area contributed by atoms with E-state index in [1.54, 1.807) is 36.9 Å². The summed E-state index contributed by atoms with van der Waals surface area (Å²) < 4.78 is 37.9. The van der Waals surface area contributed by atoms with E-state index >= 15 is 0 Å². The number of rotatable bonds is 7. The molecule has 0 saturated heterocycles. The molecule has 2 aromatic carbocycles. The Bertz CT molecular complexity index is 1820. The highest BCUT2D eigenvalue weighted by Gasteiger charge is 2.61. The van der Waals surface area contributed by atoms with Crippen molar-refractivity contribution in [1.82, 2.24) is 0 Å². The number of thioether (sulfide) groups is 3. The van der Waals surface area contributed by atoms with Gasteiger partial charge in [0.25, 0.3) is 0 Å². The molecule has 1 amide bonds. The molecular weight excluding hydrogens is 686 g/mol. The quantitative estimate of drug-likeness (QED) is 0.282. The molecule has 1 spiro atoms. The molecule has 11 nitrogen and oxygen atoms in total. The fraction of sp³-hybridized carbons (Fsp3) is 0.303. The van der Waals surface area contributed by atoms with Crippen LogP contribution in [0.25, 0.3) is 5.57 Å². The lowest BCUT2D eigenvalue weighted by Gasteiger charge is -2.50. The standard InChI is InChI=1S/C33H30FNO10S3/c1-32(2)27-22(19-13-12-18(41-3)15-20(19)35(32)21(36)14-16-8-10-17(34)11-9-16)33(23(28(37)42-4)24(46-27)29(38)43-5)47-25(30(39)44-6)26(48-33)31(40)45-7/h8-13,15H,14H2,1-7H3. The van der Waals surface area contributed by atoms with Gasteiger partial charge in [-0.15, -0.1) is 0 Å². The number of hydrogen-bond donors (Lipinski definition) is 0. The van der Waals surface area contributed by atoms with Gasteiger partial charge in [0.15, 0.2) is 0 Å². The second-order valence-corrected chi connectivity index (χ2v) is 14.7. The Morgan fingerprint density at radius 3 is 1.81 bits per heavy atom. The average Bonchev–Trinajstić information content (AvgIpc) is 3.47. The van der Waals surface area contributed by atoms with Crippen molar-refractivity contribution in [2.45, 2.75) is 29.9 Å². The van der Waals surface area contributed by atoms with Gasteiger partial charge in [-0.3, -0.25) is 4.79 Å². The van der Waals surface area contributed by atoms with Crippen LogP contribution in [0.4, 0.5) is 10.1 Å². The molecule has 2 aromatic rings. The summed E-state index contributed by atoms with van der Waals surface area (Å²) in [6.45, 7) is 3.54. The molecule has 252 valence electrons. The molecule has 0 aliphatic carbocycles. The zero-order valence-corrected chi connectivity index (χ0v) is 29.3. The minimum Gasteiger partial charge on any atom is -0.497 e. The molecular formula is C33H30FNO10S3. The maximum atomic E-state index is 14.3. The maximum absolute atomic E-state index is 14.3. The lowest BCUT2D eigenvalue weighted by Crippen LogP contribution is -2.54. The first kappa shape index (κ1) is 35.1. The number of carbonyl (C=O) groups excluding carboxylic acids is 5. The maximum Gasteiger partial charge on any atom is 0.345 e. The predicted molar refractivity (Wildman–Crippen MR) is 179 cm³/mol. The van der Waals surface area contributed by atoms with E-state index in [-0.39, 0.29) is 32.6 Å². The SMILES string of the molecule is COC(=O)C1=C(C(=O)OC)SC2(S1)C(C(=O)OC)=C(C(=O)OC)SC1=C2c2ccc(OC)cc2N(C(=O)Cc2ccc(F)cc2)C1(C)C. The van der Waals surface area contributed by atoms with Crippen molar-refractivity contribution < 1.29 is 52.0 Å². The van der Waals surface area contributed by atoms with Crippen molar-refractivity contribution >= 4 is 76.3 Å². The molecule has 3 heterocycles. The van der Waals surface area contributed by atoms with Gasteiger partial charge in [-0.2, -0.15) is 0 Å². The van der Waals surface area contributed by atoms with Crippen molar-refractivity contribution in [3.05, 3.63) is 84.6 Å². The lowest BCUT2D eigenvalue weighted by atomic mass is 9.83. The highest BCUT2D eigenvalue weighted by Crippen LogP contribution is 2.71. The van der Waals surface area contributed by atoms with Crippen LogP contribution in [0.1, 0.15) is 25.0 Å². The highest BCUT2D eigenvalue weighted by atomic mass is 32.2. The van der Waals surface area contributed by atoms with Gasteiger partial charge in [0.1, 0.15) is 30.4 Å². The number of carbonyl (C=O) groups is 5. The van der Waals surface area contributed by atoms with Crippen LogP contribution in [-0.4, -0.2) is 75.0 Å². The first-order valence-electron chi connectivity index (χ1n) is 14.2. The third-order valence-electron chi connectivity index (χ3n) is 7.86. The molecule has 15 heteroatoms. The Labute approximate surface area is 288 Å². The molecule has 3 aliphatic rings. The summed E-state index contributed by atoms with van der Waals surface area (Å²) in [4.78, 5) is 69.5. The van der Waals surface area contributed by atoms with E-state index in [1.165, 1.54) is 31.4 Å². The Balaban J connectivity index is 1.84. The molecule has 0 bridgehead atoms. The van der Waals surface area contributed by atoms with Crippen LogP contribution in [0, 0.1) is 5.82 Å². The minimum absolute atomic E-state index is 0.101. The molecule has 0 unspecified atom stereocenters. The lowest BCUT2D eigenvalue weighted by molar-refractivity contribution is -0.138. The summed E-state index contributed by atoms with van der Waals surface area (Å²) in [6, 6.07) is 10.6. The van der Waals surface area contributed by atoms with Crippen LogP contribution >= 0.6 is 35.3 Å². The zero-order valence-electron chi connectivity index (χ0n) is 26.9. The second-order valence-electron chi connectivity index (χ2n) is 10.9. The predicted octanol–water partition coefficient (Wildman–Crippen LogP) is 4.99.